The number of nitrogens with zero attached hydrogens (tertiary/aromatic N) is 2. The number of aryl methyl sites for hydroxylation is 2. The first-order valence-corrected chi connectivity index (χ1v) is 12.5. The van der Waals surface area contributed by atoms with Crippen LogP contribution in [0.25, 0.3) is 0 Å². The van der Waals surface area contributed by atoms with Crippen LogP contribution in [0.1, 0.15) is 23.6 Å². The SMILES string of the molecule is CNC(=O)[C@H](C)N(Cc1ccc(Cl)c(Cl)c1)C(=O)CN(c1c(C)cccc1C)S(C)(=O)=O. The summed E-state index contributed by atoms with van der Waals surface area (Å²) in [5.74, 6) is -0.906. The van der Waals surface area contributed by atoms with Crippen LogP contribution in [0.5, 0.6) is 0 Å². The van der Waals surface area contributed by atoms with Gasteiger partial charge < -0.3 is 10.2 Å². The van der Waals surface area contributed by atoms with Gasteiger partial charge >= 0.3 is 0 Å². The van der Waals surface area contributed by atoms with Gasteiger partial charge in [0.05, 0.1) is 22.0 Å². The van der Waals surface area contributed by atoms with Crippen LogP contribution in [0.15, 0.2) is 36.4 Å². The van der Waals surface area contributed by atoms with Gasteiger partial charge in [-0.3, -0.25) is 13.9 Å². The zero-order valence-electron chi connectivity index (χ0n) is 18.6. The van der Waals surface area contributed by atoms with Crippen LogP contribution in [0.2, 0.25) is 10.0 Å². The van der Waals surface area contributed by atoms with Gasteiger partial charge in [-0.1, -0.05) is 47.5 Å². The molecule has 32 heavy (non-hydrogen) atoms. The maximum Gasteiger partial charge on any atom is 0.244 e. The van der Waals surface area contributed by atoms with Crippen LogP contribution < -0.4 is 9.62 Å². The Balaban J connectivity index is 2.46. The molecule has 174 valence electrons. The van der Waals surface area contributed by atoms with Gasteiger partial charge in [0.15, 0.2) is 0 Å². The van der Waals surface area contributed by atoms with Crippen LogP contribution in [-0.2, 0) is 26.2 Å². The number of anilines is 1. The lowest BCUT2D eigenvalue weighted by Gasteiger charge is -2.32. The van der Waals surface area contributed by atoms with Crippen LogP contribution in [-0.4, -0.2) is 51.0 Å². The number of nitrogens with one attached hydrogen (secondary N) is 1. The molecule has 10 heteroatoms. The number of carbonyl (C=O) groups excluding carboxylic acids is 2. The zero-order chi connectivity index (χ0) is 24.2. The molecule has 0 unspecified atom stereocenters. The molecule has 0 fully saturated rings. The molecule has 0 saturated heterocycles. The highest BCUT2D eigenvalue weighted by Gasteiger charge is 2.30. The molecule has 2 aromatic rings. The molecule has 0 radical (unpaired) electrons. The molecule has 0 heterocycles. The van der Waals surface area contributed by atoms with Crippen molar-refractivity contribution in [1.82, 2.24) is 10.2 Å². The molecule has 0 aromatic heterocycles. The predicted molar refractivity (Wildman–Crippen MR) is 129 cm³/mol. The first-order chi connectivity index (χ1) is 14.9. The Hall–Kier alpha value is -2.29. The van der Waals surface area contributed by atoms with Crippen LogP contribution in [0.3, 0.4) is 0 Å². The quantitative estimate of drug-likeness (QED) is 0.601. The summed E-state index contributed by atoms with van der Waals surface area (Å²) in [5.41, 5.74) is 2.55. The van der Waals surface area contributed by atoms with Crippen molar-refractivity contribution >= 4 is 50.7 Å². The van der Waals surface area contributed by atoms with Crippen molar-refractivity contribution < 1.29 is 18.0 Å². The smallest absolute Gasteiger partial charge is 0.244 e. The normalized spacial score (nSPS) is 12.2. The number of halogens is 2. The van der Waals surface area contributed by atoms with Gasteiger partial charge in [-0.15, -0.1) is 0 Å². The molecule has 2 rings (SSSR count). The predicted octanol–water partition coefficient (Wildman–Crippen LogP) is 3.54. The third-order valence-electron chi connectivity index (χ3n) is 5.12. The molecule has 2 amide bonds. The highest BCUT2D eigenvalue weighted by atomic mass is 35.5. The van der Waals surface area contributed by atoms with E-state index in [0.29, 0.717) is 21.3 Å². The van der Waals surface area contributed by atoms with Crippen molar-refractivity contribution in [2.45, 2.75) is 33.4 Å². The van der Waals surface area contributed by atoms with Crippen molar-refractivity contribution in [1.29, 1.82) is 0 Å². The topological polar surface area (TPSA) is 86.8 Å². The number of para-hydroxylation sites is 1. The summed E-state index contributed by atoms with van der Waals surface area (Å²) in [7, 11) is -2.31. The summed E-state index contributed by atoms with van der Waals surface area (Å²) in [6.07, 6.45) is 1.05. The Labute approximate surface area is 199 Å². The van der Waals surface area contributed by atoms with Crippen LogP contribution in [0.4, 0.5) is 5.69 Å². The van der Waals surface area contributed by atoms with E-state index in [1.807, 2.05) is 6.07 Å². The van der Waals surface area contributed by atoms with E-state index < -0.39 is 28.5 Å². The molecule has 0 aliphatic heterocycles. The molecule has 0 bridgehead atoms. The van der Waals surface area contributed by atoms with E-state index >= 15 is 0 Å². The third kappa shape index (κ3) is 6.15. The lowest BCUT2D eigenvalue weighted by Crippen LogP contribution is -2.50. The second kappa shape index (κ2) is 10.6. The molecule has 2 aromatic carbocycles. The lowest BCUT2D eigenvalue weighted by atomic mass is 10.1. The van der Waals surface area contributed by atoms with Crippen molar-refractivity contribution in [3.05, 3.63) is 63.1 Å². The fraction of sp³-hybridized carbons (Fsp3) is 0.364. The minimum atomic E-state index is -3.78. The average Bonchev–Trinajstić information content (AvgIpc) is 2.71. The van der Waals surface area contributed by atoms with Crippen molar-refractivity contribution in [3.8, 4) is 0 Å². The molecule has 7 nitrogen and oxygen atoms in total. The maximum atomic E-state index is 13.4. The van der Waals surface area contributed by atoms with Crippen molar-refractivity contribution in [3.63, 3.8) is 0 Å². The van der Waals surface area contributed by atoms with Crippen molar-refractivity contribution in [2.24, 2.45) is 0 Å². The van der Waals surface area contributed by atoms with E-state index in [0.717, 1.165) is 21.7 Å². The van der Waals surface area contributed by atoms with Gasteiger partial charge in [-0.05, 0) is 49.6 Å². The molecule has 0 aliphatic rings. The number of likely N-dealkylation sites (N-methyl/N-ethyl adjacent to an activating group) is 1. The number of hydrogen-bond donors (Lipinski definition) is 1. The fourth-order valence-electron chi connectivity index (χ4n) is 3.40. The molecule has 0 aliphatic carbocycles. The Kier molecular flexibility index (Phi) is 8.56. The van der Waals surface area contributed by atoms with E-state index in [2.05, 4.69) is 5.32 Å². The van der Waals surface area contributed by atoms with Crippen LogP contribution in [0, 0.1) is 13.8 Å². The van der Waals surface area contributed by atoms with Gasteiger partial charge in [-0.2, -0.15) is 0 Å². The zero-order valence-corrected chi connectivity index (χ0v) is 21.0. The number of rotatable bonds is 8. The molecule has 1 atom stereocenters. The third-order valence-corrected chi connectivity index (χ3v) is 6.97. The molecular weight excluding hydrogens is 473 g/mol. The summed E-state index contributed by atoms with van der Waals surface area (Å²) in [6, 6.07) is 9.45. The Morgan fingerprint density at radius 2 is 1.66 bits per heavy atom. The molecule has 0 saturated carbocycles. The number of sulfonamides is 1. The Morgan fingerprint density at radius 1 is 1.06 bits per heavy atom. The number of carbonyl (C=O) groups is 2. The summed E-state index contributed by atoms with van der Waals surface area (Å²) in [4.78, 5) is 27.1. The minimum Gasteiger partial charge on any atom is -0.357 e. The minimum absolute atomic E-state index is 0.0503. The fourth-order valence-corrected chi connectivity index (χ4v) is 4.69. The van der Waals surface area contributed by atoms with Gasteiger partial charge in [0.2, 0.25) is 21.8 Å². The molecule has 0 spiro atoms. The van der Waals surface area contributed by atoms with E-state index in [1.165, 1.54) is 11.9 Å². The lowest BCUT2D eigenvalue weighted by molar-refractivity contribution is -0.139. The van der Waals surface area contributed by atoms with E-state index in [4.69, 9.17) is 23.2 Å². The van der Waals surface area contributed by atoms with Crippen LogP contribution >= 0.6 is 23.2 Å². The Morgan fingerprint density at radius 3 is 2.16 bits per heavy atom. The van der Waals surface area contributed by atoms with Gasteiger partial charge in [0, 0.05) is 13.6 Å². The largest absolute Gasteiger partial charge is 0.357 e. The second-order valence-corrected chi connectivity index (χ2v) is 10.3. The first-order valence-electron chi connectivity index (χ1n) is 9.85. The number of amides is 2. The summed E-state index contributed by atoms with van der Waals surface area (Å²) < 4.78 is 26.4. The number of hydrogen-bond acceptors (Lipinski definition) is 4. The highest BCUT2D eigenvalue weighted by molar-refractivity contribution is 7.92. The summed E-state index contributed by atoms with van der Waals surface area (Å²) in [5, 5.41) is 3.21. The number of benzene rings is 2. The van der Waals surface area contributed by atoms with Gasteiger partial charge in [-0.25, -0.2) is 8.42 Å². The van der Waals surface area contributed by atoms with Crippen molar-refractivity contribution in [2.75, 3.05) is 24.2 Å². The van der Waals surface area contributed by atoms with E-state index in [-0.39, 0.29) is 12.5 Å². The molecule has 1 N–H and O–H groups in total. The summed E-state index contributed by atoms with van der Waals surface area (Å²) in [6.45, 7) is 4.75. The Bertz CT molecular complexity index is 1100. The van der Waals surface area contributed by atoms with Gasteiger partial charge in [0.25, 0.3) is 0 Å². The first kappa shape index (κ1) is 26.0. The van der Waals surface area contributed by atoms with E-state index in [9.17, 15) is 18.0 Å². The standard InChI is InChI=1S/C22H27Cl2N3O4S/c1-14-7-6-8-15(2)21(14)27(32(5,30)31)13-20(28)26(16(3)22(29)25-4)12-17-9-10-18(23)19(24)11-17/h6-11,16H,12-13H2,1-5H3,(H,25,29)/t16-/m0/s1. The summed E-state index contributed by atoms with van der Waals surface area (Å²) >= 11 is 12.1. The molecular formula is C22H27Cl2N3O4S. The van der Waals surface area contributed by atoms with E-state index in [1.54, 1.807) is 51.1 Å². The monoisotopic (exact) mass is 499 g/mol. The average molecular weight is 500 g/mol. The maximum absolute atomic E-state index is 13.4. The van der Waals surface area contributed by atoms with Gasteiger partial charge in [0.1, 0.15) is 12.6 Å². The second-order valence-electron chi connectivity index (χ2n) is 7.57. The highest BCUT2D eigenvalue weighted by Crippen LogP contribution is 2.28.